The molecule has 0 unspecified atom stereocenters. The highest BCUT2D eigenvalue weighted by atomic mass is 32.1. The largest absolute Gasteiger partial charge is 0.347 e. The third kappa shape index (κ3) is 5.26. The molecule has 0 spiro atoms. The lowest BCUT2D eigenvalue weighted by Gasteiger charge is -2.09. The number of carbonyl (C=O) groups excluding carboxylic acids is 2. The van der Waals surface area contributed by atoms with E-state index in [2.05, 4.69) is 15.6 Å². The number of aryl methyl sites for hydroxylation is 3. The van der Waals surface area contributed by atoms with Gasteiger partial charge in [-0.15, -0.1) is 11.3 Å². The Bertz CT molecular complexity index is 1060. The first-order valence-corrected chi connectivity index (χ1v) is 10.0. The Kier molecular flexibility index (Phi) is 6.39. The molecule has 0 saturated heterocycles. The zero-order chi connectivity index (χ0) is 21.0. The smallest absolute Gasteiger partial charge is 0.313 e. The lowest BCUT2D eigenvalue weighted by atomic mass is 10.1. The monoisotopic (exact) mass is 411 g/mol. The number of hydrogen-bond donors (Lipinski definition) is 2. The maximum atomic E-state index is 13.4. The van der Waals surface area contributed by atoms with Crippen molar-refractivity contribution >= 4 is 28.8 Å². The second-order valence-electron chi connectivity index (χ2n) is 6.82. The number of aromatic nitrogens is 1. The molecule has 0 fully saturated rings. The van der Waals surface area contributed by atoms with Gasteiger partial charge in [0.2, 0.25) is 0 Å². The minimum absolute atomic E-state index is 0.306. The van der Waals surface area contributed by atoms with E-state index in [9.17, 15) is 14.0 Å². The van der Waals surface area contributed by atoms with E-state index >= 15 is 0 Å². The van der Waals surface area contributed by atoms with E-state index in [1.807, 2.05) is 39.0 Å². The molecule has 29 heavy (non-hydrogen) atoms. The van der Waals surface area contributed by atoms with Crippen molar-refractivity contribution < 1.29 is 14.0 Å². The van der Waals surface area contributed by atoms with Crippen LogP contribution in [0.1, 0.15) is 21.7 Å². The molecule has 150 valence electrons. The van der Waals surface area contributed by atoms with Gasteiger partial charge in [0.15, 0.2) is 0 Å². The highest BCUT2D eigenvalue weighted by Crippen LogP contribution is 2.28. The van der Waals surface area contributed by atoms with Crippen LogP contribution in [0.2, 0.25) is 0 Å². The van der Waals surface area contributed by atoms with E-state index in [0.29, 0.717) is 18.7 Å². The minimum Gasteiger partial charge on any atom is -0.347 e. The molecule has 1 aromatic heterocycles. The van der Waals surface area contributed by atoms with Crippen molar-refractivity contribution in [3.63, 3.8) is 0 Å². The Balaban J connectivity index is 1.55. The van der Waals surface area contributed by atoms with Gasteiger partial charge in [0.1, 0.15) is 10.8 Å². The van der Waals surface area contributed by atoms with E-state index in [1.54, 1.807) is 12.1 Å². The fraction of sp³-hybridized carbons (Fsp3) is 0.227. The maximum Gasteiger partial charge on any atom is 0.313 e. The Morgan fingerprint density at radius 1 is 1.07 bits per heavy atom. The SMILES string of the molecule is Cc1ccc(NC(=O)C(=O)NCCc2sc(-c3cccc(F)c3)nc2C)c(C)c1. The first kappa shape index (κ1) is 20.7. The van der Waals surface area contributed by atoms with Crippen LogP contribution in [0.5, 0.6) is 0 Å². The van der Waals surface area contributed by atoms with Crippen molar-refractivity contribution in [2.45, 2.75) is 27.2 Å². The number of amides is 2. The van der Waals surface area contributed by atoms with Crippen LogP contribution in [-0.4, -0.2) is 23.3 Å². The topological polar surface area (TPSA) is 71.1 Å². The predicted octanol–water partition coefficient (Wildman–Crippen LogP) is 4.17. The zero-order valence-electron chi connectivity index (χ0n) is 16.5. The highest BCUT2D eigenvalue weighted by molar-refractivity contribution is 7.15. The molecule has 1 heterocycles. The maximum absolute atomic E-state index is 13.4. The van der Waals surface area contributed by atoms with Gasteiger partial charge in [-0.2, -0.15) is 0 Å². The van der Waals surface area contributed by atoms with Crippen LogP contribution in [0.3, 0.4) is 0 Å². The lowest BCUT2D eigenvalue weighted by molar-refractivity contribution is -0.136. The molecule has 0 aliphatic rings. The van der Waals surface area contributed by atoms with Crippen molar-refractivity contribution in [2.75, 3.05) is 11.9 Å². The number of nitrogens with one attached hydrogen (secondary N) is 2. The molecule has 0 bridgehead atoms. The quantitative estimate of drug-likeness (QED) is 0.619. The van der Waals surface area contributed by atoms with Gasteiger partial charge in [-0.05, 0) is 44.5 Å². The van der Waals surface area contributed by atoms with E-state index in [-0.39, 0.29) is 5.82 Å². The summed E-state index contributed by atoms with van der Waals surface area (Å²) in [6.07, 6.45) is 0.543. The summed E-state index contributed by atoms with van der Waals surface area (Å²) >= 11 is 1.46. The first-order valence-electron chi connectivity index (χ1n) is 9.22. The molecule has 0 saturated carbocycles. The average Bonchev–Trinajstić information content (AvgIpc) is 3.04. The summed E-state index contributed by atoms with van der Waals surface area (Å²) in [4.78, 5) is 29.7. The fourth-order valence-corrected chi connectivity index (χ4v) is 3.97. The molecule has 0 radical (unpaired) electrons. The molecule has 2 amide bonds. The van der Waals surface area contributed by atoms with Gasteiger partial charge in [-0.25, -0.2) is 9.37 Å². The van der Waals surface area contributed by atoms with Gasteiger partial charge in [-0.1, -0.05) is 29.8 Å². The Labute approximate surface area is 173 Å². The first-order chi connectivity index (χ1) is 13.8. The molecular formula is C22H22FN3O2S. The Morgan fingerprint density at radius 3 is 2.59 bits per heavy atom. The number of carbonyl (C=O) groups is 2. The average molecular weight is 412 g/mol. The number of halogens is 1. The number of benzene rings is 2. The third-order valence-electron chi connectivity index (χ3n) is 4.44. The summed E-state index contributed by atoms with van der Waals surface area (Å²) in [6.45, 7) is 6.03. The van der Waals surface area contributed by atoms with Crippen molar-refractivity contribution in [1.82, 2.24) is 10.3 Å². The van der Waals surface area contributed by atoms with E-state index in [1.165, 1.54) is 23.5 Å². The van der Waals surface area contributed by atoms with Crippen LogP contribution in [0.15, 0.2) is 42.5 Å². The van der Waals surface area contributed by atoms with Gasteiger partial charge in [0, 0.05) is 29.1 Å². The Morgan fingerprint density at radius 2 is 1.86 bits per heavy atom. The van der Waals surface area contributed by atoms with Gasteiger partial charge in [0.05, 0.1) is 5.69 Å². The van der Waals surface area contributed by atoms with Crippen molar-refractivity contribution in [3.05, 3.63) is 70.0 Å². The van der Waals surface area contributed by atoms with Crippen LogP contribution in [0, 0.1) is 26.6 Å². The van der Waals surface area contributed by atoms with Crippen LogP contribution in [-0.2, 0) is 16.0 Å². The van der Waals surface area contributed by atoms with Gasteiger partial charge < -0.3 is 10.6 Å². The number of thiazole rings is 1. The third-order valence-corrected chi connectivity index (χ3v) is 5.70. The lowest BCUT2D eigenvalue weighted by Crippen LogP contribution is -2.36. The molecule has 2 aromatic carbocycles. The van der Waals surface area contributed by atoms with Crippen molar-refractivity contribution in [1.29, 1.82) is 0 Å². The predicted molar refractivity (Wildman–Crippen MR) is 114 cm³/mol. The van der Waals surface area contributed by atoms with Gasteiger partial charge in [0.25, 0.3) is 0 Å². The summed E-state index contributed by atoms with van der Waals surface area (Å²) in [5.41, 5.74) is 4.16. The summed E-state index contributed by atoms with van der Waals surface area (Å²) in [7, 11) is 0. The van der Waals surface area contributed by atoms with Gasteiger partial charge >= 0.3 is 11.8 Å². The summed E-state index contributed by atoms with van der Waals surface area (Å²) in [6, 6.07) is 11.9. The van der Waals surface area contributed by atoms with Crippen LogP contribution in [0.4, 0.5) is 10.1 Å². The van der Waals surface area contributed by atoms with Crippen LogP contribution < -0.4 is 10.6 Å². The number of hydrogen-bond acceptors (Lipinski definition) is 4. The van der Waals surface area contributed by atoms with E-state index in [4.69, 9.17) is 0 Å². The van der Waals surface area contributed by atoms with E-state index < -0.39 is 11.8 Å². The molecule has 0 aliphatic heterocycles. The molecule has 7 heteroatoms. The summed E-state index contributed by atoms with van der Waals surface area (Å²) in [5.74, 6) is -1.69. The molecule has 0 aliphatic carbocycles. The van der Waals surface area contributed by atoms with Crippen LogP contribution in [0.25, 0.3) is 10.6 Å². The van der Waals surface area contributed by atoms with Gasteiger partial charge in [-0.3, -0.25) is 9.59 Å². The molecule has 3 rings (SSSR count). The fourth-order valence-electron chi connectivity index (χ4n) is 2.91. The number of rotatable bonds is 5. The summed E-state index contributed by atoms with van der Waals surface area (Å²) in [5, 5.41) is 6.00. The Hall–Kier alpha value is -3.06. The number of anilines is 1. The molecule has 2 N–H and O–H groups in total. The minimum atomic E-state index is -0.696. The molecular weight excluding hydrogens is 389 g/mol. The van der Waals surface area contributed by atoms with Crippen molar-refractivity contribution in [3.8, 4) is 10.6 Å². The zero-order valence-corrected chi connectivity index (χ0v) is 17.3. The van der Waals surface area contributed by atoms with Crippen LogP contribution >= 0.6 is 11.3 Å². The highest BCUT2D eigenvalue weighted by Gasteiger charge is 2.15. The van der Waals surface area contributed by atoms with Crippen molar-refractivity contribution in [2.24, 2.45) is 0 Å². The second kappa shape index (κ2) is 8.96. The molecule has 5 nitrogen and oxygen atoms in total. The van der Waals surface area contributed by atoms with E-state index in [0.717, 1.165) is 32.3 Å². The second-order valence-corrected chi connectivity index (χ2v) is 7.90. The standard InChI is InChI=1S/C22H22FN3O2S/c1-13-7-8-18(14(2)11-13)26-21(28)20(27)24-10-9-19-15(3)25-22(29-19)16-5-4-6-17(23)12-16/h4-8,11-12H,9-10H2,1-3H3,(H,24,27)(H,26,28). The number of nitrogens with zero attached hydrogens (tertiary/aromatic N) is 1. The molecule has 0 atom stereocenters. The summed E-state index contributed by atoms with van der Waals surface area (Å²) < 4.78 is 13.4. The molecule has 3 aromatic rings. The normalized spacial score (nSPS) is 10.6.